The van der Waals surface area contributed by atoms with E-state index >= 15 is 0 Å². The lowest BCUT2D eigenvalue weighted by Gasteiger charge is -2.30. The zero-order valence-electron chi connectivity index (χ0n) is 15.4. The number of hydrogen-bond acceptors (Lipinski definition) is 7. The van der Waals surface area contributed by atoms with E-state index in [4.69, 9.17) is 4.74 Å². The molecule has 0 aliphatic carbocycles. The topological polar surface area (TPSA) is 118 Å². The fourth-order valence-corrected chi connectivity index (χ4v) is 6.37. The van der Waals surface area contributed by atoms with Gasteiger partial charge >= 0.3 is 5.97 Å². The van der Waals surface area contributed by atoms with E-state index in [1.807, 2.05) is 0 Å². The minimum absolute atomic E-state index is 0.0233. The van der Waals surface area contributed by atoms with Crippen molar-refractivity contribution in [3.63, 3.8) is 0 Å². The lowest BCUT2D eigenvalue weighted by Crippen LogP contribution is -2.42. The first-order valence-corrected chi connectivity index (χ1v) is 12.0. The predicted molar refractivity (Wildman–Crippen MR) is 100 cm³/mol. The van der Waals surface area contributed by atoms with Crippen LogP contribution in [-0.4, -0.2) is 58.5 Å². The monoisotopic (exact) mass is 430 g/mol. The maximum absolute atomic E-state index is 12.9. The molecule has 154 valence electrons. The van der Waals surface area contributed by atoms with Crippen molar-refractivity contribution in [1.82, 2.24) is 4.31 Å². The zero-order valence-corrected chi connectivity index (χ0v) is 17.0. The quantitative estimate of drug-likeness (QED) is 0.632. The molecular weight excluding hydrogens is 408 g/mol. The molecule has 1 aromatic carbocycles. The molecule has 9 nitrogen and oxygen atoms in total. The number of anilines is 1. The van der Waals surface area contributed by atoms with E-state index in [9.17, 15) is 26.4 Å². The number of sulfonamides is 2. The molecule has 0 saturated carbocycles. The van der Waals surface area contributed by atoms with Crippen LogP contribution in [0.4, 0.5) is 5.69 Å². The summed E-state index contributed by atoms with van der Waals surface area (Å²) in [5.74, 6) is -1.70. The number of benzene rings is 1. The van der Waals surface area contributed by atoms with Crippen molar-refractivity contribution >= 4 is 37.6 Å². The van der Waals surface area contributed by atoms with Gasteiger partial charge in [-0.3, -0.25) is 9.59 Å². The van der Waals surface area contributed by atoms with Gasteiger partial charge in [-0.05, 0) is 44.0 Å². The minimum Gasteiger partial charge on any atom is -0.466 e. The number of hydrogen-bond donors (Lipinski definition) is 0. The maximum atomic E-state index is 12.9. The van der Waals surface area contributed by atoms with Gasteiger partial charge in [0.25, 0.3) is 0 Å². The van der Waals surface area contributed by atoms with Crippen LogP contribution in [-0.2, 0) is 34.4 Å². The molecule has 0 N–H and O–H groups in total. The molecule has 0 spiro atoms. The van der Waals surface area contributed by atoms with E-state index in [1.54, 1.807) is 6.92 Å². The van der Waals surface area contributed by atoms with Crippen molar-refractivity contribution < 1.29 is 31.2 Å². The number of rotatable bonds is 5. The molecule has 11 heteroatoms. The Bertz CT molecular complexity index is 971. The zero-order chi connectivity index (χ0) is 20.5. The van der Waals surface area contributed by atoms with Crippen LogP contribution in [0.1, 0.15) is 26.2 Å². The molecule has 28 heavy (non-hydrogen) atoms. The van der Waals surface area contributed by atoms with Crippen LogP contribution >= 0.6 is 0 Å². The first-order chi connectivity index (χ1) is 13.2. The number of esters is 1. The molecule has 1 aromatic rings. The Labute approximate surface area is 164 Å². The number of carbonyl (C=O) groups is 2. The number of piperidine rings is 1. The largest absolute Gasteiger partial charge is 0.466 e. The normalized spacial score (nSPS) is 23.0. The molecule has 1 unspecified atom stereocenters. The van der Waals surface area contributed by atoms with Gasteiger partial charge in [-0.25, -0.2) is 21.1 Å². The van der Waals surface area contributed by atoms with Crippen LogP contribution < -0.4 is 4.31 Å². The fraction of sp³-hybridized carbons (Fsp3) is 0.529. The van der Waals surface area contributed by atoms with Crippen molar-refractivity contribution in [3.05, 3.63) is 24.3 Å². The molecule has 2 heterocycles. The molecule has 1 atom stereocenters. The molecular formula is C17H22N2O7S2. The minimum atomic E-state index is -3.85. The van der Waals surface area contributed by atoms with Gasteiger partial charge in [0.2, 0.25) is 26.0 Å². The van der Waals surface area contributed by atoms with E-state index in [-0.39, 0.29) is 35.9 Å². The van der Waals surface area contributed by atoms with E-state index in [0.717, 1.165) is 0 Å². The van der Waals surface area contributed by atoms with Gasteiger partial charge in [-0.2, -0.15) is 4.31 Å². The van der Waals surface area contributed by atoms with Crippen LogP contribution in [0.5, 0.6) is 0 Å². The van der Waals surface area contributed by atoms with Gasteiger partial charge in [-0.15, -0.1) is 0 Å². The first kappa shape index (κ1) is 20.7. The van der Waals surface area contributed by atoms with Crippen LogP contribution in [0, 0.1) is 5.92 Å². The Hall–Kier alpha value is -1.98. The van der Waals surface area contributed by atoms with Gasteiger partial charge in [0.15, 0.2) is 0 Å². The summed E-state index contributed by atoms with van der Waals surface area (Å²) in [5, 5.41) is 0. The summed E-state index contributed by atoms with van der Waals surface area (Å²) in [7, 11) is -7.56. The molecule has 2 aliphatic rings. The highest BCUT2D eigenvalue weighted by atomic mass is 32.2. The van der Waals surface area contributed by atoms with E-state index in [2.05, 4.69) is 0 Å². The second kappa shape index (κ2) is 7.80. The molecule has 3 rings (SSSR count). The van der Waals surface area contributed by atoms with Crippen molar-refractivity contribution in [2.24, 2.45) is 5.92 Å². The van der Waals surface area contributed by atoms with Crippen LogP contribution in [0.2, 0.25) is 0 Å². The lowest BCUT2D eigenvalue weighted by molar-refractivity contribution is -0.149. The SMILES string of the molecule is CCOC(=O)C1CCCN(S(=O)(=O)c2ccc(N3C(=O)CCS3(=O)=O)cc2)C1. The third kappa shape index (κ3) is 3.91. The number of ether oxygens (including phenoxy) is 1. The Kier molecular flexibility index (Phi) is 5.78. The summed E-state index contributed by atoms with van der Waals surface area (Å²) in [6.07, 6.45) is 1.02. The average molecular weight is 431 g/mol. The van der Waals surface area contributed by atoms with Gasteiger partial charge in [0.1, 0.15) is 0 Å². The Morgan fingerprint density at radius 1 is 1.25 bits per heavy atom. The molecule has 0 radical (unpaired) electrons. The molecule has 1 amide bonds. The number of carbonyl (C=O) groups excluding carboxylic acids is 2. The van der Waals surface area contributed by atoms with Crippen molar-refractivity contribution in [2.75, 3.05) is 29.8 Å². The predicted octanol–water partition coefficient (Wildman–Crippen LogP) is 0.717. The maximum Gasteiger partial charge on any atom is 0.310 e. The van der Waals surface area contributed by atoms with E-state index < -0.39 is 37.8 Å². The van der Waals surface area contributed by atoms with Gasteiger partial charge < -0.3 is 4.74 Å². The van der Waals surface area contributed by atoms with Gasteiger partial charge in [0.05, 0.1) is 28.9 Å². The standard InChI is InChI=1S/C17H22N2O7S2/c1-2-26-17(21)13-4-3-10-18(12-13)28(24,25)15-7-5-14(6-8-15)19-16(20)9-11-27(19,22)23/h5-8,13H,2-4,9-12H2,1H3. The molecule has 2 fully saturated rings. The third-order valence-corrected chi connectivity index (χ3v) is 8.36. The highest BCUT2D eigenvalue weighted by Crippen LogP contribution is 2.29. The summed E-state index contributed by atoms with van der Waals surface area (Å²) in [5.41, 5.74) is 0.115. The van der Waals surface area contributed by atoms with E-state index in [0.29, 0.717) is 23.7 Å². The lowest BCUT2D eigenvalue weighted by atomic mass is 10.0. The summed E-state index contributed by atoms with van der Waals surface area (Å²) in [4.78, 5) is 23.8. The van der Waals surface area contributed by atoms with Crippen LogP contribution in [0.3, 0.4) is 0 Å². The highest BCUT2D eigenvalue weighted by molar-refractivity contribution is 7.94. The Morgan fingerprint density at radius 2 is 1.93 bits per heavy atom. The average Bonchev–Trinajstić information content (AvgIpc) is 2.94. The van der Waals surface area contributed by atoms with E-state index in [1.165, 1.54) is 28.6 Å². The Morgan fingerprint density at radius 3 is 2.50 bits per heavy atom. The summed E-state index contributed by atoms with van der Waals surface area (Å²) in [6, 6.07) is 5.17. The molecule has 2 saturated heterocycles. The van der Waals surface area contributed by atoms with Crippen molar-refractivity contribution in [1.29, 1.82) is 0 Å². The summed E-state index contributed by atoms with van der Waals surface area (Å²) < 4.78 is 56.8. The van der Waals surface area contributed by atoms with Crippen molar-refractivity contribution in [3.8, 4) is 0 Å². The van der Waals surface area contributed by atoms with Crippen molar-refractivity contribution in [2.45, 2.75) is 31.1 Å². The van der Waals surface area contributed by atoms with Crippen LogP contribution in [0.25, 0.3) is 0 Å². The highest BCUT2D eigenvalue weighted by Gasteiger charge is 2.37. The molecule has 2 aliphatic heterocycles. The number of amides is 1. The first-order valence-electron chi connectivity index (χ1n) is 8.99. The fourth-order valence-electron chi connectivity index (χ4n) is 3.38. The second-order valence-corrected chi connectivity index (χ2v) is 10.5. The second-order valence-electron chi connectivity index (χ2n) is 6.67. The molecule has 0 aromatic heterocycles. The Balaban J connectivity index is 1.81. The summed E-state index contributed by atoms with van der Waals surface area (Å²) >= 11 is 0. The third-order valence-electron chi connectivity index (χ3n) is 4.79. The van der Waals surface area contributed by atoms with Crippen LogP contribution in [0.15, 0.2) is 29.2 Å². The number of nitrogens with zero attached hydrogens (tertiary/aromatic N) is 2. The van der Waals surface area contributed by atoms with Gasteiger partial charge in [0, 0.05) is 19.5 Å². The summed E-state index contributed by atoms with van der Waals surface area (Å²) in [6.45, 7) is 2.27. The van der Waals surface area contributed by atoms with Gasteiger partial charge in [-0.1, -0.05) is 0 Å². The molecule has 0 bridgehead atoms. The smallest absolute Gasteiger partial charge is 0.310 e.